The molecule has 0 saturated carbocycles. The van der Waals surface area contributed by atoms with Crippen LogP contribution in [0.2, 0.25) is 0 Å². The fourth-order valence-electron chi connectivity index (χ4n) is 1.43. The highest BCUT2D eigenvalue weighted by Crippen LogP contribution is 2.34. The molecule has 15 heavy (non-hydrogen) atoms. The number of ether oxygens (including phenoxy) is 1. The van der Waals surface area contributed by atoms with Gasteiger partial charge in [-0.1, -0.05) is 13.8 Å². The van der Waals surface area contributed by atoms with E-state index in [0.717, 1.165) is 6.42 Å². The number of phenols is 1. The normalized spacial score (nSPS) is 13.3. The molecule has 0 saturated heterocycles. The minimum absolute atomic E-state index is 0.0541. The minimum Gasteiger partial charge on any atom is -0.505 e. The van der Waals surface area contributed by atoms with Crippen LogP contribution in [-0.2, 0) is 6.42 Å². The van der Waals surface area contributed by atoms with Gasteiger partial charge < -0.3 is 9.84 Å². The summed E-state index contributed by atoms with van der Waals surface area (Å²) in [7, 11) is 0. The van der Waals surface area contributed by atoms with Crippen LogP contribution in [0, 0.1) is 11.6 Å². The van der Waals surface area contributed by atoms with Crippen molar-refractivity contribution in [1.82, 2.24) is 0 Å². The molecule has 0 fully saturated rings. The van der Waals surface area contributed by atoms with Crippen LogP contribution in [0.25, 0.3) is 0 Å². The monoisotopic (exact) mass is 216 g/mol. The highest BCUT2D eigenvalue weighted by molar-refractivity contribution is 5.43. The zero-order chi connectivity index (χ0) is 11.4. The number of aromatic hydroxyl groups is 1. The molecule has 0 atom stereocenters. The van der Waals surface area contributed by atoms with Gasteiger partial charge in [-0.2, -0.15) is 8.78 Å². The second-order valence-electron chi connectivity index (χ2n) is 2.96. The number of rotatable bonds is 0. The van der Waals surface area contributed by atoms with Crippen molar-refractivity contribution in [3.8, 4) is 11.5 Å². The van der Waals surface area contributed by atoms with Gasteiger partial charge in [-0.15, -0.1) is 0 Å². The molecule has 4 heteroatoms. The number of hydrogen-bond acceptors (Lipinski definition) is 2. The molecule has 1 aromatic carbocycles. The summed E-state index contributed by atoms with van der Waals surface area (Å²) in [5, 5.41) is 8.99. The molecule has 1 aromatic rings. The summed E-state index contributed by atoms with van der Waals surface area (Å²) in [6.45, 7) is 4.40. The SMILES string of the molecule is CC.Oc1cc2c(c(F)c1F)OCCC2. The lowest BCUT2D eigenvalue weighted by molar-refractivity contribution is 0.264. The van der Waals surface area contributed by atoms with Crippen LogP contribution in [0.4, 0.5) is 8.78 Å². The van der Waals surface area contributed by atoms with E-state index in [9.17, 15) is 8.78 Å². The topological polar surface area (TPSA) is 29.5 Å². The van der Waals surface area contributed by atoms with E-state index in [-0.39, 0.29) is 5.75 Å². The molecule has 1 N–H and O–H groups in total. The van der Waals surface area contributed by atoms with Gasteiger partial charge in [0.15, 0.2) is 11.5 Å². The lowest BCUT2D eigenvalue weighted by Gasteiger charge is -2.18. The summed E-state index contributed by atoms with van der Waals surface area (Å²) in [5.41, 5.74) is 0.530. The standard InChI is InChI=1S/C9H8F2O2.C2H6/c10-7-6(12)4-5-2-1-3-13-9(5)8(7)11;1-2/h4,12H,1-3H2;1-2H3. The molecule has 1 heterocycles. The van der Waals surface area contributed by atoms with Gasteiger partial charge in [0.2, 0.25) is 11.6 Å². The predicted molar refractivity (Wildman–Crippen MR) is 53.2 cm³/mol. The van der Waals surface area contributed by atoms with Gasteiger partial charge in [-0.05, 0) is 18.9 Å². The molecule has 0 aliphatic carbocycles. The van der Waals surface area contributed by atoms with Crippen LogP contribution in [0.1, 0.15) is 25.8 Å². The van der Waals surface area contributed by atoms with Crippen molar-refractivity contribution in [1.29, 1.82) is 0 Å². The Balaban J connectivity index is 0.000000531. The lowest BCUT2D eigenvalue weighted by atomic mass is 10.1. The Hall–Kier alpha value is -1.32. The van der Waals surface area contributed by atoms with Crippen molar-refractivity contribution in [2.45, 2.75) is 26.7 Å². The van der Waals surface area contributed by atoms with Crippen LogP contribution in [-0.4, -0.2) is 11.7 Å². The second-order valence-corrected chi connectivity index (χ2v) is 2.96. The molecule has 0 radical (unpaired) electrons. The van der Waals surface area contributed by atoms with Gasteiger partial charge in [0, 0.05) is 5.56 Å². The second kappa shape index (κ2) is 4.96. The molecule has 0 bridgehead atoms. The summed E-state index contributed by atoms with van der Waals surface area (Å²) in [6.07, 6.45) is 1.37. The van der Waals surface area contributed by atoms with Crippen LogP contribution in [0.5, 0.6) is 11.5 Å². The fraction of sp³-hybridized carbons (Fsp3) is 0.455. The largest absolute Gasteiger partial charge is 0.505 e. The van der Waals surface area contributed by atoms with Gasteiger partial charge in [0.05, 0.1) is 6.61 Å². The van der Waals surface area contributed by atoms with Crippen LogP contribution < -0.4 is 4.74 Å². The van der Waals surface area contributed by atoms with Crippen molar-refractivity contribution in [3.63, 3.8) is 0 Å². The Bertz CT molecular complexity index is 351. The van der Waals surface area contributed by atoms with E-state index in [2.05, 4.69) is 0 Å². The summed E-state index contributed by atoms with van der Waals surface area (Å²) in [6, 6.07) is 1.22. The van der Waals surface area contributed by atoms with E-state index in [0.29, 0.717) is 18.6 Å². The first kappa shape index (κ1) is 11.8. The van der Waals surface area contributed by atoms with E-state index >= 15 is 0 Å². The number of aryl methyl sites for hydroxylation is 1. The molecule has 0 amide bonds. The third-order valence-corrected chi connectivity index (χ3v) is 2.06. The van der Waals surface area contributed by atoms with E-state index in [4.69, 9.17) is 9.84 Å². The molecule has 1 aliphatic rings. The number of halogens is 2. The zero-order valence-corrected chi connectivity index (χ0v) is 8.81. The number of hydrogen-bond donors (Lipinski definition) is 1. The van der Waals surface area contributed by atoms with E-state index in [1.165, 1.54) is 6.07 Å². The summed E-state index contributed by atoms with van der Waals surface area (Å²) in [5.74, 6) is -3.03. The molecule has 0 aromatic heterocycles. The van der Waals surface area contributed by atoms with Gasteiger partial charge in [0.25, 0.3) is 0 Å². The molecule has 84 valence electrons. The fourth-order valence-corrected chi connectivity index (χ4v) is 1.43. The molecular formula is C11H14F2O2. The van der Waals surface area contributed by atoms with Crippen LogP contribution in [0.15, 0.2) is 6.07 Å². The summed E-state index contributed by atoms with van der Waals surface area (Å²) >= 11 is 0. The van der Waals surface area contributed by atoms with Crippen LogP contribution in [0.3, 0.4) is 0 Å². The molecule has 0 spiro atoms. The minimum atomic E-state index is -1.24. The first-order valence-electron chi connectivity index (χ1n) is 5.03. The first-order valence-corrected chi connectivity index (χ1v) is 5.03. The average Bonchev–Trinajstić information content (AvgIpc) is 2.29. The smallest absolute Gasteiger partial charge is 0.204 e. The van der Waals surface area contributed by atoms with Crippen LogP contribution >= 0.6 is 0 Å². The molecular weight excluding hydrogens is 202 g/mol. The van der Waals surface area contributed by atoms with Gasteiger partial charge in [-0.3, -0.25) is 0 Å². The third kappa shape index (κ3) is 2.19. The molecule has 0 unspecified atom stereocenters. The van der Waals surface area contributed by atoms with E-state index < -0.39 is 17.4 Å². The predicted octanol–water partition coefficient (Wildman–Crippen LogP) is 3.02. The van der Waals surface area contributed by atoms with Crippen molar-refractivity contribution >= 4 is 0 Å². The highest BCUT2D eigenvalue weighted by Gasteiger charge is 2.21. The average molecular weight is 216 g/mol. The maximum Gasteiger partial charge on any atom is 0.204 e. The Kier molecular flexibility index (Phi) is 3.88. The van der Waals surface area contributed by atoms with Gasteiger partial charge in [-0.25, -0.2) is 0 Å². The maximum absolute atomic E-state index is 13.1. The summed E-state index contributed by atoms with van der Waals surface area (Å²) < 4.78 is 30.9. The van der Waals surface area contributed by atoms with Crippen molar-refractivity contribution in [2.75, 3.05) is 6.61 Å². The quantitative estimate of drug-likeness (QED) is 0.722. The third-order valence-electron chi connectivity index (χ3n) is 2.06. The number of benzene rings is 1. The Morgan fingerprint density at radius 3 is 2.60 bits per heavy atom. The van der Waals surface area contributed by atoms with Crippen molar-refractivity contribution in [3.05, 3.63) is 23.3 Å². The van der Waals surface area contributed by atoms with Gasteiger partial charge in [0.1, 0.15) is 0 Å². The van der Waals surface area contributed by atoms with Crippen molar-refractivity contribution in [2.24, 2.45) is 0 Å². The summed E-state index contributed by atoms with van der Waals surface area (Å²) in [4.78, 5) is 0. The molecule has 2 rings (SSSR count). The Morgan fingerprint density at radius 1 is 1.27 bits per heavy atom. The molecule has 1 aliphatic heterocycles. The maximum atomic E-state index is 13.1. The van der Waals surface area contributed by atoms with Crippen molar-refractivity contribution < 1.29 is 18.6 Å². The highest BCUT2D eigenvalue weighted by atomic mass is 19.2. The van der Waals surface area contributed by atoms with Gasteiger partial charge >= 0.3 is 0 Å². The number of fused-ring (bicyclic) bond motifs is 1. The Morgan fingerprint density at radius 2 is 1.93 bits per heavy atom. The number of phenolic OH excluding ortho intramolecular Hbond substituents is 1. The zero-order valence-electron chi connectivity index (χ0n) is 8.81. The van der Waals surface area contributed by atoms with E-state index in [1.54, 1.807) is 0 Å². The van der Waals surface area contributed by atoms with E-state index in [1.807, 2.05) is 13.8 Å². The first-order chi connectivity index (χ1) is 7.20. The molecule has 2 nitrogen and oxygen atoms in total. The lowest BCUT2D eigenvalue weighted by Crippen LogP contribution is -2.10. The Labute approximate surface area is 87.5 Å².